The fraction of sp³-hybridized carbons (Fsp3) is 0.467. The summed E-state index contributed by atoms with van der Waals surface area (Å²) >= 11 is 0. The van der Waals surface area contributed by atoms with Crippen LogP contribution in [0.15, 0.2) is 24.3 Å². The molecule has 1 heterocycles. The molecule has 1 atom stereocenters. The number of carbonyl (C=O) groups excluding carboxylic acids is 1. The van der Waals surface area contributed by atoms with Gasteiger partial charge in [-0.05, 0) is 44.0 Å². The highest BCUT2D eigenvalue weighted by Gasteiger charge is 2.46. The van der Waals surface area contributed by atoms with E-state index in [2.05, 4.69) is 5.32 Å². The number of nitrogens with one attached hydrogen (secondary N) is 1. The zero-order chi connectivity index (χ0) is 15.5. The molecule has 1 aliphatic heterocycles. The van der Waals surface area contributed by atoms with Crippen molar-refractivity contribution in [1.82, 2.24) is 4.90 Å². The van der Waals surface area contributed by atoms with Gasteiger partial charge in [0, 0.05) is 5.69 Å². The summed E-state index contributed by atoms with van der Waals surface area (Å²) < 4.78 is 13.1. The molecule has 5 nitrogen and oxygen atoms in total. The second-order valence-electron chi connectivity index (χ2n) is 5.27. The van der Waals surface area contributed by atoms with E-state index in [1.807, 2.05) is 6.92 Å². The Bertz CT molecular complexity index is 549. The molecule has 0 aromatic heterocycles. The third-order valence-corrected chi connectivity index (χ3v) is 4.05. The first kappa shape index (κ1) is 15.4. The molecule has 0 radical (unpaired) electrons. The van der Waals surface area contributed by atoms with Gasteiger partial charge >= 0.3 is 5.97 Å². The van der Waals surface area contributed by atoms with Crippen LogP contribution in [-0.4, -0.2) is 40.5 Å². The van der Waals surface area contributed by atoms with Crippen LogP contribution in [0.4, 0.5) is 10.1 Å². The molecule has 1 saturated heterocycles. The van der Waals surface area contributed by atoms with Crippen LogP contribution in [0.5, 0.6) is 0 Å². The molecular weight excluding hydrogens is 275 g/mol. The lowest BCUT2D eigenvalue weighted by Gasteiger charge is -2.33. The molecule has 0 saturated carbocycles. The van der Waals surface area contributed by atoms with Crippen molar-refractivity contribution in [1.29, 1.82) is 0 Å². The van der Waals surface area contributed by atoms with Crippen LogP contribution in [0.2, 0.25) is 0 Å². The number of nitrogens with zero attached hydrogens (tertiary/aromatic N) is 1. The number of amides is 1. The zero-order valence-electron chi connectivity index (χ0n) is 11.9. The standard InChI is InChI=1S/C15H19FN2O3/c1-2-15(14(20)21)7-4-8-18(15)10-13(19)17-12-6-3-5-11(16)9-12/h3,5-6,9H,2,4,7-8,10H2,1H3,(H,17,19)(H,20,21). The lowest BCUT2D eigenvalue weighted by Crippen LogP contribution is -2.52. The van der Waals surface area contributed by atoms with E-state index in [0.717, 1.165) is 6.42 Å². The fourth-order valence-electron chi connectivity index (χ4n) is 2.90. The van der Waals surface area contributed by atoms with Crippen molar-refractivity contribution in [3.8, 4) is 0 Å². The molecule has 1 amide bonds. The second-order valence-corrected chi connectivity index (χ2v) is 5.27. The van der Waals surface area contributed by atoms with Gasteiger partial charge in [-0.25, -0.2) is 4.39 Å². The van der Waals surface area contributed by atoms with Crippen molar-refractivity contribution in [3.05, 3.63) is 30.1 Å². The van der Waals surface area contributed by atoms with Gasteiger partial charge in [0.05, 0.1) is 6.54 Å². The van der Waals surface area contributed by atoms with Gasteiger partial charge in [-0.15, -0.1) is 0 Å². The molecule has 1 aromatic rings. The topological polar surface area (TPSA) is 69.6 Å². The number of halogens is 1. The molecule has 1 fully saturated rings. The fourth-order valence-corrected chi connectivity index (χ4v) is 2.90. The Morgan fingerprint density at radius 1 is 1.48 bits per heavy atom. The quantitative estimate of drug-likeness (QED) is 0.872. The van der Waals surface area contributed by atoms with Gasteiger partial charge in [-0.1, -0.05) is 13.0 Å². The molecule has 2 N–H and O–H groups in total. The predicted octanol–water partition coefficient (Wildman–Crippen LogP) is 2.09. The minimum atomic E-state index is -0.959. The summed E-state index contributed by atoms with van der Waals surface area (Å²) in [5, 5.41) is 12.0. The summed E-state index contributed by atoms with van der Waals surface area (Å²) in [7, 11) is 0. The van der Waals surface area contributed by atoms with Crippen LogP contribution in [0, 0.1) is 5.82 Å². The Balaban J connectivity index is 2.03. The highest BCUT2D eigenvalue weighted by Crippen LogP contribution is 2.32. The van der Waals surface area contributed by atoms with E-state index in [9.17, 15) is 19.1 Å². The maximum absolute atomic E-state index is 13.1. The van der Waals surface area contributed by atoms with E-state index in [-0.39, 0.29) is 12.5 Å². The molecule has 0 bridgehead atoms. The summed E-state index contributed by atoms with van der Waals surface area (Å²) in [6, 6.07) is 5.62. The van der Waals surface area contributed by atoms with Gasteiger partial charge in [0.15, 0.2) is 0 Å². The minimum absolute atomic E-state index is 0.00332. The van der Waals surface area contributed by atoms with E-state index in [4.69, 9.17) is 0 Å². The number of hydrogen-bond acceptors (Lipinski definition) is 3. The number of carbonyl (C=O) groups is 2. The van der Waals surface area contributed by atoms with Crippen LogP contribution in [0.25, 0.3) is 0 Å². The van der Waals surface area contributed by atoms with Crippen molar-refractivity contribution in [3.63, 3.8) is 0 Å². The van der Waals surface area contributed by atoms with E-state index in [1.165, 1.54) is 18.2 Å². The van der Waals surface area contributed by atoms with E-state index < -0.39 is 17.3 Å². The summed E-state index contributed by atoms with van der Waals surface area (Å²) in [5.41, 5.74) is -0.587. The first-order valence-corrected chi connectivity index (χ1v) is 7.02. The largest absolute Gasteiger partial charge is 0.480 e. The molecule has 21 heavy (non-hydrogen) atoms. The molecule has 1 aliphatic rings. The number of carboxylic acids is 1. The second kappa shape index (κ2) is 6.22. The van der Waals surface area contributed by atoms with Gasteiger partial charge < -0.3 is 10.4 Å². The van der Waals surface area contributed by atoms with Gasteiger partial charge in [0.1, 0.15) is 11.4 Å². The van der Waals surface area contributed by atoms with Crippen LogP contribution in [0.3, 0.4) is 0 Å². The highest BCUT2D eigenvalue weighted by atomic mass is 19.1. The van der Waals surface area contributed by atoms with Crippen LogP contribution in [0.1, 0.15) is 26.2 Å². The molecule has 1 aromatic carbocycles. The number of anilines is 1. The van der Waals surface area contributed by atoms with Crippen LogP contribution >= 0.6 is 0 Å². The van der Waals surface area contributed by atoms with Gasteiger partial charge in [0.25, 0.3) is 0 Å². The molecular formula is C15H19FN2O3. The Morgan fingerprint density at radius 2 is 2.24 bits per heavy atom. The number of carboxylic acid groups (broad SMARTS) is 1. The molecule has 1 unspecified atom stereocenters. The Kier molecular flexibility index (Phi) is 4.57. The van der Waals surface area contributed by atoms with Gasteiger partial charge in [-0.2, -0.15) is 0 Å². The molecule has 6 heteroatoms. The van der Waals surface area contributed by atoms with Crippen molar-refractivity contribution in [2.45, 2.75) is 31.7 Å². The minimum Gasteiger partial charge on any atom is -0.480 e. The van der Waals surface area contributed by atoms with E-state index >= 15 is 0 Å². The number of benzene rings is 1. The first-order valence-electron chi connectivity index (χ1n) is 7.02. The third kappa shape index (κ3) is 3.21. The van der Waals surface area contributed by atoms with E-state index in [0.29, 0.717) is 25.1 Å². The third-order valence-electron chi connectivity index (χ3n) is 4.05. The highest BCUT2D eigenvalue weighted by molar-refractivity contribution is 5.93. The predicted molar refractivity (Wildman–Crippen MR) is 76.5 cm³/mol. The smallest absolute Gasteiger partial charge is 0.324 e. The average molecular weight is 294 g/mol. The Labute approximate surface area is 122 Å². The number of rotatable bonds is 5. The molecule has 0 spiro atoms. The Hall–Kier alpha value is -1.95. The van der Waals surface area contributed by atoms with Crippen molar-refractivity contribution in [2.75, 3.05) is 18.4 Å². The summed E-state index contributed by atoms with van der Waals surface area (Å²) in [4.78, 5) is 25.3. The molecule has 2 rings (SSSR count). The maximum atomic E-state index is 13.1. The average Bonchev–Trinajstić information content (AvgIpc) is 2.82. The summed E-state index contributed by atoms with van der Waals surface area (Å²) in [6.07, 6.45) is 1.76. The monoisotopic (exact) mass is 294 g/mol. The van der Waals surface area contributed by atoms with Crippen molar-refractivity contribution < 1.29 is 19.1 Å². The van der Waals surface area contributed by atoms with Gasteiger partial charge in [0.2, 0.25) is 5.91 Å². The first-order chi connectivity index (χ1) is 9.98. The van der Waals surface area contributed by atoms with Crippen molar-refractivity contribution >= 4 is 17.6 Å². The molecule has 114 valence electrons. The molecule has 0 aliphatic carbocycles. The summed E-state index contributed by atoms with van der Waals surface area (Å²) in [6.45, 7) is 2.39. The Morgan fingerprint density at radius 3 is 2.86 bits per heavy atom. The zero-order valence-corrected chi connectivity index (χ0v) is 11.9. The summed E-state index contributed by atoms with van der Waals surface area (Å²) in [5.74, 6) is -1.65. The number of likely N-dealkylation sites (tertiary alicyclic amines) is 1. The van der Waals surface area contributed by atoms with Crippen molar-refractivity contribution in [2.24, 2.45) is 0 Å². The lowest BCUT2D eigenvalue weighted by atomic mass is 9.93. The SMILES string of the molecule is CCC1(C(=O)O)CCCN1CC(=O)Nc1cccc(F)c1. The number of hydrogen-bond donors (Lipinski definition) is 2. The van der Waals surface area contributed by atoms with Gasteiger partial charge in [-0.3, -0.25) is 14.5 Å². The van der Waals surface area contributed by atoms with E-state index in [1.54, 1.807) is 11.0 Å². The normalized spacial score (nSPS) is 22.2. The number of aliphatic carboxylic acids is 1. The maximum Gasteiger partial charge on any atom is 0.324 e. The van der Waals surface area contributed by atoms with Crippen LogP contribution in [-0.2, 0) is 9.59 Å². The van der Waals surface area contributed by atoms with Crippen LogP contribution < -0.4 is 5.32 Å². The lowest BCUT2D eigenvalue weighted by molar-refractivity contribution is -0.150.